The van der Waals surface area contributed by atoms with Crippen LogP contribution in [0.4, 0.5) is 0 Å². The number of hydrogen-bond donors (Lipinski definition) is 0. The molecule has 0 N–H and O–H groups in total. The van der Waals surface area contributed by atoms with E-state index < -0.39 is 0 Å². The van der Waals surface area contributed by atoms with Gasteiger partial charge in [-0.1, -0.05) is 55.9 Å². The molecule has 0 atom stereocenters. The summed E-state index contributed by atoms with van der Waals surface area (Å²) in [5.41, 5.74) is 3.01. The molecule has 0 aliphatic heterocycles. The third-order valence-corrected chi connectivity index (χ3v) is 3.91. The van der Waals surface area contributed by atoms with Crippen LogP contribution in [-0.4, -0.2) is 25.8 Å². The van der Waals surface area contributed by atoms with Crippen molar-refractivity contribution in [1.29, 1.82) is 0 Å². The SMILES string of the molecule is CSc1nc(OCc2ccccc2)n2ncc(C(C)C)c2n1. The molecule has 2 heterocycles. The zero-order valence-electron chi connectivity index (χ0n) is 12.9. The number of ether oxygens (including phenoxy) is 1. The third kappa shape index (κ3) is 2.92. The molecule has 0 aliphatic rings. The van der Waals surface area contributed by atoms with E-state index in [1.807, 2.05) is 42.8 Å². The Morgan fingerprint density at radius 1 is 1.18 bits per heavy atom. The molecule has 0 bridgehead atoms. The van der Waals surface area contributed by atoms with Crippen LogP contribution in [0.3, 0.4) is 0 Å². The van der Waals surface area contributed by atoms with Crippen molar-refractivity contribution in [1.82, 2.24) is 19.6 Å². The molecule has 0 radical (unpaired) electrons. The van der Waals surface area contributed by atoms with Gasteiger partial charge < -0.3 is 4.74 Å². The minimum Gasteiger partial charge on any atom is -0.458 e. The lowest BCUT2D eigenvalue weighted by Crippen LogP contribution is -2.06. The molecule has 22 heavy (non-hydrogen) atoms. The van der Waals surface area contributed by atoms with Crippen LogP contribution in [0.1, 0.15) is 30.9 Å². The fourth-order valence-corrected chi connectivity index (χ4v) is 2.51. The molecule has 2 aromatic heterocycles. The summed E-state index contributed by atoms with van der Waals surface area (Å²) in [6, 6.07) is 10.5. The van der Waals surface area contributed by atoms with E-state index in [9.17, 15) is 0 Å². The zero-order valence-corrected chi connectivity index (χ0v) is 13.7. The predicted molar refractivity (Wildman–Crippen MR) is 87.4 cm³/mol. The Balaban J connectivity index is 1.97. The van der Waals surface area contributed by atoms with Crippen molar-refractivity contribution in [3.63, 3.8) is 0 Å². The molecule has 114 valence electrons. The van der Waals surface area contributed by atoms with E-state index in [1.54, 1.807) is 4.52 Å². The van der Waals surface area contributed by atoms with E-state index >= 15 is 0 Å². The van der Waals surface area contributed by atoms with Crippen LogP contribution in [0.25, 0.3) is 5.65 Å². The first-order valence-corrected chi connectivity index (χ1v) is 8.38. The largest absolute Gasteiger partial charge is 0.458 e. The Morgan fingerprint density at radius 2 is 1.95 bits per heavy atom. The van der Waals surface area contributed by atoms with Crippen molar-refractivity contribution < 1.29 is 4.74 Å². The van der Waals surface area contributed by atoms with Crippen LogP contribution in [0, 0.1) is 0 Å². The fourth-order valence-electron chi connectivity index (χ4n) is 2.17. The quantitative estimate of drug-likeness (QED) is 0.674. The zero-order chi connectivity index (χ0) is 15.5. The number of aromatic nitrogens is 4. The number of thioether (sulfide) groups is 1. The molecule has 5 nitrogen and oxygen atoms in total. The van der Waals surface area contributed by atoms with Crippen molar-refractivity contribution in [3.05, 3.63) is 47.7 Å². The Bertz CT molecular complexity index is 770. The summed E-state index contributed by atoms with van der Waals surface area (Å²) in [6.45, 7) is 4.71. The topological polar surface area (TPSA) is 52.3 Å². The van der Waals surface area contributed by atoms with E-state index in [0.29, 0.717) is 23.7 Å². The second kappa shape index (κ2) is 6.36. The monoisotopic (exact) mass is 314 g/mol. The summed E-state index contributed by atoms with van der Waals surface area (Å²) in [4.78, 5) is 9.00. The molecule has 1 aromatic carbocycles. The summed E-state index contributed by atoms with van der Waals surface area (Å²) in [5.74, 6) is 0.351. The van der Waals surface area contributed by atoms with Gasteiger partial charge in [0.25, 0.3) is 0 Å². The van der Waals surface area contributed by atoms with Gasteiger partial charge in [0.1, 0.15) is 6.61 Å². The van der Waals surface area contributed by atoms with Gasteiger partial charge in [0.2, 0.25) is 0 Å². The van der Waals surface area contributed by atoms with E-state index in [2.05, 4.69) is 28.9 Å². The van der Waals surface area contributed by atoms with Crippen LogP contribution >= 0.6 is 11.8 Å². The Labute approximate surface area is 133 Å². The average molecular weight is 314 g/mol. The molecule has 6 heteroatoms. The molecule has 3 aromatic rings. The highest BCUT2D eigenvalue weighted by Gasteiger charge is 2.15. The van der Waals surface area contributed by atoms with E-state index in [-0.39, 0.29) is 0 Å². The van der Waals surface area contributed by atoms with Crippen molar-refractivity contribution in [2.24, 2.45) is 0 Å². The van der Waals surface area contributed by atoms with Crippen LogP contribution in [0.2, 0.25) is 0 Å². The van der Waals surface area contributed by atoms with Crippen LogP contribution in [0.15, 0.2) is 41.7 Å². The van der Waals surface area contributed by atoms with E-state index in [0.717, 1.165) is 16.8 Å². The summed E-state index contributed by atoms with van der Waals surface area (Å²) >= 11 is 1.50. The summed E-state index contributed by atoms with van der Waals surface area (Å²) in [5, 5.41) is 5.08. The molecule has 0 amide bonds. The number of rotatable bonds is 5. The Hall–Kier alpha value is -2.08. The lowest BCUT2D eigenvalue weighted by molar-refractivity contribution is 0.268. The van der Waals surface area contributed by atoms with Gasteiger partial charge in [0.05, 0.1) is 6.20 Å². The lowest BCUT2D eigenvalue weighted by Gasteiger charge is -2.09. The standard InChI is InChI=1S/C16H18N4OS/c1-11(2)13-9-17-20-14(13)18-15(22-3)19-16(20)21-10-12-7-5-4-6-8-12/h4-9,11H,10H2,1-3H3. The summed E-state index contributed by atoms with van der Waals surface area (Å²) in [7, 11) is 0. The Kier molecular flexibility index (Phi) is 4.29. The highest BCUT2D eigenvalue weighted by molar-refractivity contribution is 7.98. The highest BCUT2D eigenvalue weighted by Crippen LogP contribution is 2.24. The molecule has 0 aliphatic carbocycles. The first-order valence-electron chi connectivity index (χ1n) is 7.15. The maximum absolute atomic E-state index is 5.88. The van der Waals surface area contributed by atoms with Crippen LogP contribution < -0.4 is 4.74 Å². The molecule has 0 unspecified atom stereocenters. The summed E-state index contributed by atoms with van der Waals surface area (Å²) < 4.78 is 7.56. The van der Waals surface area contributed by atoms with Gasteiger partial charge in [-0.05, 0) is 17.7 Å². The second-order valence-electron chi connectivity index (χ2n) is 5.26. The third-order valence-electron chi connectivity index (χ3n) is 3.36. The molecule has 0 spiro atoms. The summed E-state index contributed by atoms with van der Waals surface area (Å²) in [6.07, 6.45) is 3.80. The first kappa shape index (κ1) is 14.8. The van der Waals surface area contributed by atoms with Crippen LogP contribution in [-0.2, 0) is 6.61 Å². The van der Waals surface area contributed by atoms with Gasteiger partial charge in [-0.2, -0.15) is 14.6 Å². The van der Waals surface area contributed by atoms with Gasteiger partial charge in [-0.3, -0.25) is 0 Å². The highest BCUT2D eigenvalue weighted by atomic mass is 32.2. The van der Waals surface area contributed by atoms with E-state index in [4.69, 9.17) is 4.74 Å². The Morgan fingerprint density at radius 3 is 2.64 bits per heavy atom. The molecule has 3 rings (SSSR count). The van der Waals surface area contributed by atoms with Crippen molar-refractivity contribution in [2.75, 3.05) is 6.26 Å². The van der Waals surface area contributed by atoms with E-state index in [1.165, 1.54) is 11.8 Å². The minimum absolute atomic E-state index is 0.351. The molecule has 0 fully saturated rings. The number of benzene rings is 1. The smallest absolute Gasteiger partial charge is 0.322 e. The molecule has 0 saturated heterocycles. The fraction of sp³-hybridized carbons (Fsp3) is 0.312. The first-order chi connectivity index (χ1) is 10.7. The number of nitrogens with zero attached hydrogens (tertiary/aromatic N) is 4. The minimum atomic E-state index is 0.351. The average Bonchev–Trinajstić information content (AvgIpc) is 2.97. The van der Waals surface area contributed by atoms with Crippen molar-refractivity contribution >= 4 is 17.4 Å². The molecule has 0 saturated carbocycles. The van der Waals surface area contributed by atoms with Crippen molar-refractivity contribution in [3.8, 4) is 6.01 Å². The number of fused-ring (bicyclic) bond motifs is 1. The van der Waals surface area contributed by atoms with Crippen LogP contribution in [0.5, 0.6) is 6.01 Å². The second-order valence-corrected chi connectivity index (χ2v) is 6.03. The lowest BCUT2D eigenvalue weighted by atomic mass is 10.1. The van der Waals surface area contributed by atoms with Gasteiger partial charge in [-0.25, -0.2) is 4.98 Å². The molecular weight excluding hydrogens is 296 g/mol. The maximum atomic E-state index is 5.88. The van der Waals surface area contributed by atoms with Gasteiger partial charge in [-0.15, -0.1) is 0 Å². The van der Waals surface area contributed by atoms with Gasteiger partial charge >= 0.3 is 6.01 Å². The van der Waals surface area contributed by atoms with Gasteiger partial charge in [0.15, 0.2) is 10.8 Å². The molecular formula is C16H18N4OS. The predicted octanol–water partition coefficient (Wildman–Crippen LogP) is 3.55. The normalized spacial score (nSPS) is 11.3. The van der Waals surface area contributed by atoms with Gasteiger partial charge in [0, 0.05) is 5.56 Å². The number of hydrogen-bond acceptors (Lipinski definition) is 5. The maximum Gasteiger partial charge on any atom is 0.322 e. The van der Waals surface area contributed by atoms with Crippen molar-refractivity contribution in [2.45, 2.75) is 31.5 Å².